The van der Waals surface area contributed by atoms with Gasteiger partial charge in [-0.3, -0.25) is 14.9 Å². The van der Waals surface area contributed by atoms with Crippen LogP contribution in [-0.2, 0) is 4.79 Å². The second kappa shape index (κ2) is 6.06. The van der Waals surface area contributed by atoms with Crippen LogP contribution in [0.3, 0.4) is 0 Å². The summed E-state index contributed by atoms with van der Waals surface area (Å²) in [7, 11) is 0. The third-order valence-electron chi connectivity index (χ3n) is 2.24. The van der Waals surface area contributed by atoms with E-state index in [0.717, 1.165) is 0 Å². The normalized spacial score (nSPS) is 9.67. The number of rotatable bonds is 3. The minimum atomic E-state index is -0.464. The molecular weight excluding hydrogens is 254 g/mol. The zero-order valence-electron chi connectivity index (χ0n) is 10.0. The number of amides is 1. The maximum atomic E-state index is 11.1. The van der Waals surface area contributed by atoms with Crippen LogP contribution in [0.1, 0.15) is 18.9 Å². The van der Waals surface area contributed by atoms with E-state index in [2.05, 4.69) is 10.6 Å². The monoisotopic (exact) mass is 267 g/mol. The number of aryl methyl sites for hydroxylation is 1. The molecule has 0 heterocycles. The molecule has 0 radical (unpaired) electrons. The summed E-state index contributed by atoms with van der Waals surface area (Å²) in [6.45, 7) is 3.35. The van der Waals surface area contributed by atoms with E-state index in [-0.39, 0.29) is 16.7 Å². The second-order valence-corrected chi connectivity index (χ2v) is 4.02. The summed E-state index contributed by atoms with van der Waals surface area (Å²) in [5, 5.41) is 16.1. The number of carbonyl (C=O) groups excluding carboxylic acids is 1. The van der Waals surface area contributed by atoms with Gasteiger partial charge in [-0.25, -0.2) is 0 Å². The quantitative estimate of drug-likeness (QED) is 0.498. The zero-order chi connectivity index (χ0) is 13.7. The van der Waals surface area contributed by atoms with E-state index in [1.165, 1.54) is 6.07 Å². The highest BCUT2D eigenvalue weighted by atomic mass is 32.1. The Hall–Kier alpha value is -2.02. The van der Waals surface area contributed by atoms with Crippen LogP contribution in [-0.4, -0.2) is 15.9 Å². The fraction of sp³-hybridized carbons (Fsp3) is 0.273. The van der Waals surface area contributed by atoms with Crippen LogP contribution in [0.2, 0.25) is 0 Å². The smallest absolute Gasteiger partial charge is 0.274 e. The van der Waals surface area contributed by atoms with E-state index >= 15 is 0 Å². The standard InChI is InChI=1S/C11H13N3O3S/c1-3-10(15)13-11(18)12-8-5-4-7(2)9(6-8)14(16)17/h4-6H,3H2,1-2H3,(H2,12,13,15,18). The predicted molar refractivity (Wildman–Crippen MR) is 72.5 cm³/mol. The van der Waals surface area contributed by atoms with E-state index in [1.807, 2.05) is 0 Å². The molecular formula is C11H13N3O3S. The van der Waals surface area contributed by atoms with Crippen molar-refractivity contribution in [3.63, 3.8) is 0 Å². The van der Waals surface area contributed by atoms with E-state index in [9.17, 15) is 14.9 Å². The maximum absolute atomic E-state index is 11.1. The number of hydrogen-bond acceptors (Lipinski definition) is 4. The summed E-state index contributed by atoms with van der Waals surface area (Å²) in [6, 6.07) is 4.65. The average Bonchev–Trinajstić information content (AvgIpc) is 2.31. The van der Waals surface area contributed by atoms with Crippen molar-refractivity contribution in [2.75, 3.05) is 5.32 Å². The molecule has 2 N–H and O–H groups in total. The molecule has 1 aromatic carbocycles. The third kappa shape index (κ3) is 3.77. The molecule has 6 nitrogen and oxygen atoms in total. The summed E-state index contributed by atoms with van der Waals surface area (Å²) in [5.74, 6) is -0.214. The molecule has 0 aromatic heterocycles. The largest absolute Gasteiger partial charge is 0.332 e. The molecule has 0 saturated heterocycles. The van der Waals surface area contributed by atoms with Gasteiger partial charge in [0.15, 0.2) is 5.11 Å². The van der Waals surface area contributed by atoms with Crippen molar-refractivity contribution in [1.29, 1.82) is 0 Å². The molecule has 7 heteroatoms. The Morgan fingerprint density at radius 1 is 1.50 bits per heavy atom. The Morgan fingerprint density at radius 3 is 2.72 bits per heavy atom. The zero-order valence-corrected chi connectivity index (χ0v) is 10.8. The Bertz CT molecular complexity index is 502. The molecule has 0 spiro atoms. The topological polar surface area (TPSA) is 84.3 Å². The van der Waals surface area contributed by atoms with Crippen LogP contribution in [0.4, 0.5) is 11.4 Å². The molecule has 0 unspecified atom stereocenters. The van der Waals surface area contributed by atoms with Gasteiger partial charge in [0.25, 0.3) is 5.69 Å². The molecule has 1 aromatic rings. The molecule has 0 aliphatic rings. The van der Waals surface area contributed by atoms with Crippen LogP contribution in [0.25, 0.3) is 0 Å². The summed E-state index contributed by atoms with van der Waals surface area (Å²) in [4.78, 5) is 21.4. The highest BCUT2D eigenvalue weighted by molar-refractivity contribution is 7.80. The van der Waals surface area contributed by atoms with Crippen molar-refractivity contribution < 1.29 is 9.72 Å². The lowest BCUT2D eigenvalue weighted by molar-refractivity contribution is -0.385. The molecule has 96 valence electrons. The van der Waals surface area contributed by atoms with Crippen molar-refractivity contribution >= 4 is 34.6 Å². The van der Waals surface area contributed by atoms with Crippen molar-refractivity contribution in [2.45, 2.75) is 20.3 Å². The van der Waals surface area contributed by atoms with Crippen LogP contribution < -0.4 is 10.6 Å². The van der Waals surface area contributed by atoms with Crippen LogP contribution in [0.15, 0.2) is 18.2 Å². The van der Waals surface area contributed by atoms with E-state index in [4.69, 9.17) is 12.2 Å². The first-order valence-electron chi connectivity index (χ1n) is 5.30. The van der Waals surface area contributed by atoms with Gasteiger partial charge < -0.3 is 10.6 Å². The molecule has 0 aliphatic heterocycles. The van der Waals surface area contributed by atoms with Crippen molar-refractivity contribution in [3.8, 4) is 0 Å². The van der Waals surface area contributed by atoms with E-state index in [1.54, 1.807) is 26.0 Å². The summed E-state index contributed by atoms with van der Waals surface area (Å²) < 4.78 is 0. The van der Waals surface area contributed by atoms with Gasteiger partial charge >= 0.3 is 0 Å². The number of nitrogens with one attached hydrogen (secondary N) is 2. The van der Waals surface area contributed by atoms with Crippen molar-refractivity contribution in [1.82, 2.24) is 5.32 Å². The van der Waals surface area contributed by atoms with Gasteiger partial charge in [0, 0.05) is 23.7 Å². The summed E-state index contributed by atoms with van der Waals surface area (Å²) >= 11 is 4.91. The fourth-order valence-electron chi connectivity index (χ4n) is 1.26. The molecule has 18 heavy (non-hydrogen) atoms. The lowest BCUT2D eigenvalue weighted by atomic mass is 10.2. The van der Waals surface area contributed by atoms with Crippen LogP contribution >= 0.6 is 12.2 Å². The minimum absolute atomic E-state index is 0.00428. The number of nitro benzene ring substituents is 1. The molecule has 0 saturated carbocycles. The first-order valence-corrected chi connectivity index (χ1v) is 5.70. The first kappa shape index (κ1) is 14.0. The van der Waals surface area contributed by atoms with Crippen molar-refractivity contribution in [3.05, 3.63) is 33.9 Å². The van der Waals surface area contributed by atoms with Gasteiger partial charge in [-0.05, 0) is 25.2 Å². The number of hydrogen-bond donors (Lipinski definition) is 2. The predicted octanol–water partition coefficient (Wildman–Crippen LogP) is 2.13. The Morgan fingerprint density at radius 2 is 2.17 bits per heavy atom. The fourth-order valence-corrected chi connectivity index (χ4v) is 1.49. The number of benzene rings is 1. The molecule has 0 fully saturated rings. The van der Waals surface area contributed by atoms with Gasteiger partial charge in [-0.15, -0.1) is 0 Å². The lowest BCUT2D eigenvalue weighted by Gasteiger charge is -2.09. The number of nitro groups is 1. The van der Waals surface area contributed by atoms with Crippen molar-refractivity contribution in [2.24, 2.45) is 0 Å². The van der Waals surface area contributed by atoms with E-state index < -0.39 is 4.92 Å². The Kier molecular flexibility index (Phi) is 4.73. The SMILES string of the molecule is CCC(=O)NC(=S)Nc1ccc(C)c([N+](=O)[O-])c1. The van der Waals surface area contributed by atoms with Gasteiger partial charge in [0.05, 0.1) is 4.92 Å². The molecule has 0 bridgehead atoms. The number of carbonyl (C=O) groups is 1. The van der Waals surface area contributed by atoms with Crippen LogP contribution in [0.5, 0.6) is 0 Å². The number of thiocarbonyl (C=S) groups is 1. The van der Waals surface area contributed by atoms with Gasteiger partial charge in [-0.2, -0.15) is 0 Å². The maximum Gasteiger partial charge on any atom is 0.274 e. The van der Waals surface area contributed by atoms with Gasteiger partial charge in [0.1, 0.15) is 0 Å². The number of nitrogens with zero attached hydrogens (tertiary/aromatic N) is 1. The minimum Gasteiger partial charge on any atom is -0.332 e. The summed E-state index contributed by atoms with van der Waals surface area (Å²) in [5.41, 5.74) is 1.03. The third-order valence-corrected chi connectivity index (χ3v) is 2.44. The highest BCUT2D eigenvalue weighted by Crippen LogP contribution is 2.22. The highest BCUT2D eigenvalue weighted by Gasteiger charge is 2.11. The summed E-state index contributed by atoms with van der Waals surface area (Å²) in [6.07, 6.45) is 0.315. The molecule has 1 rings (SSSR count). The first-order chi connectivity index (χ1) is 8.43. The van der Waals surface area contributed by atoms with Gasteiger partial charge in [-0.1, -0.05) is 13.0 Å². The number of anilines is 1. The second-order valence-electron chi connectivity index (χ2n) is 3.61. The molecule has 0 aliphatic carbocycles. The lowest BCUT2D eigenvalue weighted by Crippen LogP contribution is -2.33. The van der Waals surface area contributed by atoms with E-state index in [0.29, 0.717) is 17.7 Å². The molecule has 0 atom stereocenters. The average molecular weight is 267 g/mol. The Labute approximate surface area is 110 Å². The molecule has 1 amide bonds. The Balaban J connectivity index is 2.79. The van der Waals surface area contributed by atoms with Crippen LogP contribution in [0, 0.1) is 17.0 Å². The van der Waals surface area contributed by atoms with Gasteiger partial charge in [0.2, 0.25) is 5.91 Å².